The summed E-state index contributed by atoms with van der Waals surface area (Å²) in [6, 6.07) is 18.0. The lowest BCUT2D eigenvalue weighted by Gasteiger charge is -2.21. The first-order valence-electron chi connectivity index (χ1n) is 8.45. The standard InChI is InChI=1S/C20H27N3O2/c1-15(25-19-12-10-18(24-4)11-13-19)14-22-20(21-3)23-16(2)17-8-6-5-7-9-17/h5-13,15-16H,14H2,1-4H3,(H2,21,22,23). The highest BCUT2D eigenvalue weighted by Gasteiger charge is 2.09. The first kappa shape index (κ1) is 18.6. The van der Waals surface area contributed by atoms with Crippen molar-refractivity contribution in [1.82, 2.24) is 10.6 Å². The Morgan fingerprint density at radius 3 is 2.24 bits per heavy atom. The molecule has 2 unspecified atom stereocenters. The molecule has 25 heavy (non-hydrogen) atoms. The molecular weight excluding hydrogens is 314 g/mol. The van der Waals surface area contributed by atoms with E-state index in [9.17, 15) is 0 Å². The van der Waals surface area contributed by atoms with Crippen LogP contribution in [0, 0.1) is 0 Å². The molecule has 0 saturated carbocycles. The number of nitrogens with zero attached hydrogens (tertiary/aromatic N) is 1. The van der Waals surface area contributed by atoms with Crippen molar-refractivity contribution in [3.63, 3.8) is 0 Å². The van der Waals surface area contributed by atoms with Crippen LogP contribution in [-0.4, -0.2) is 32.8 Å². The van der Waals surface area contributed by atoms with Crippen molar-refractivity contribution in [2.45, 2.75) is 26.0 Å². The van der Waals surface area contributed by atoms with Crippen LogP contribution < -0.4 is 20.1 Å². The van der Waals surface area contributed by atoms with E-state index < -0.39 is 0 Å². The highest BCUT2D eigenvalue weighted by atomic mass is 16.5. The van der Waals surface area contributed by atoms with E-state index in [2.05, 4.69) is 34.7 Å². The summed E-state index contributed by atoms with van der Waals surface area (Å²) in [5, 5.41) is 6.69. The Balaban J connectivity index is 1.81. The maximum Gasteiger partial charge on any atom is 0.191 e. The Morgan fingerprint density at radius 1 is 1.00 bits per heavy atom. The fourth-order valence-electron chi connectivity index (χ4n) is 2.39. The molecular formula is C20H27N3O2. The van der Waals surface area contributed by atoms with Gasteiger partial charge in [0, 0.05) is 7.05 Å². The second kappa shape index (κ2) is 9.57. The van der Waals surface area contributed by atoms with E-state index in [1.807, 2.05) is 49.4 Å². The molecule has 0 fully saturated rings. The van der Waals surface area contributed by atoms with Crippen molar-refractivity contribution in [3.8, 4) is 11.5 Å². The van der Waals surface area contributed by atoms with Gasteiger partial charge >= 0.3 is 0 Å². The summed E-state index contributed by atoms with van der Waals surface area (Å²) in [6.45, 7) is 4.78. The molecule has 5 nitrogen and oxygen atoms in total. The molecule has 2 aromatic rings. The molecule has 0 radical (unpaired) electrons. The molecule has 0 bridgehead atoms. The second-order valence-corrected chi connectivity index (χ2v) is 5.83. The molecule has 2 aromatic carbocycles. The number of guanidine groups is 1. The third-order valence-corrected chi connectivity index (χ3v) is 3.83. The lowest BCUT2D eigenvalue weighted by atomic mass is 10.1. The molecule has 0 aliphatic rings. The van der Waals surface area contributed by atoms with Gasteiger partial charge in [-0.2, -0.15) is 0 Å². The third-order valence-electron chi connectivity index (χ3n) is 3.83. The molecule has 2 atom stereocenters. The van der Waals surface area contributed by atoms with Gasteiger partial charge in [0.15, 0.2) is 5.96 Å². The number of benzene rings is 2. The van der Waals surface area contributed by atoms with E-state index in [1.54, 1.807) is 14.2 Å². The van der Waals surface area contributed by atoms with Crippen LogP contribution >= 0.6 is 0 Å². The lowest BCUT2D eigenvalue weighted by Crippen LogP contribution is -2.42. The fraction of sp³-hybridized carbons (Fsp3) is 0.350. The van der Waals surface area contributed by atoms with Crippen LogP contribution in [0.15, 0.2) is 59.6 Å². The second-order valence-electron chi connectivity index (χ2n) is 5.83. The molecule has 0 spiro atoms. The van der Waals surface area contributed by atoms with Crippen molar-refractivity contribution in [1.29, 1.82) is 0 Å². The topological polar surface area (TPSA) is 54.9 Å². The van der Waals surface area contributed by atoms with E-state index in [0.29, 0.717) is 6.54 Å². The maximum atomic E-state index is 5.90. The average Bonchev–Trinajstić information content (AvgIpc) is 2.66. The van der Waals surface area contributed by atoms with Gasteiger partial charge in [-0.3, -0.25) is 4.99 Å². The number of aliphatic imine (C=N–C) groups is 1. The SMILES string of the molecule is CN=C(NCC(C)Oc1ccc(OC)cc1)NC(C)c1ccccc1. The predicted molar refractivity (Wildman–Crippen MR) is 102 cm³/mol. The predicted octanol–water partition coefficient (Wildman–Crippen LogP) is 3.39. The zero-order valence-electron chi connectivity index (χ0n) is 15.3. The zero-order chi connectivity index (χ0) is 18.1. The van der Waals surface area contributed by atoms with Gasteiger partial charge < -0.3 is 20.1 Å². The number of hydrogen-bond acceptors (Lipinski definition) is 3. The van der Waals surface area contributed by atoms with Gasteiger partial charge in [0.25, 0.3) is 0 Å². The number of nitrogens with one attached hydrogen (secondary N) is 2. The molecule has 134 valence electrons. The summed E-state index contributed by atoms with van der Waals surface area (Å²) in [5.41, 5.74) is 1.22. The smallest absolute Gasteiger partial charge is 0.191 e. The molecule has 0 saturated heterocycles. The van der Waals surface area contributed by atoms with Crippen molar-refractivity contribution >= 4 is 5.96 Å². The minimum absolute atomic E-state index is 0.000948. The van der Waals surface area contributed by atoms with Crippen LogP contribution in [0.3, 0.4) is 0 Å². The summed E-state index contributed by atoms with van der Waals surface area (Å²) < 4.78 is 11.0. The molecule has 0 aliphatic carbocycles. The summed E-state index contributed by atoms with van der Waals surface area (Å²) in [4.78, 5) is 4.28. The van der Waals surface area contributed by atoms with Crippen LogP contribution in [0.4, 0.5) is 0 Å². The third kappa shape index (κ3) is 6.03. The number of methoxy groups -OCH3 is 1. The van der Waals surface area contributed by atoms with Gasteiger partial charge in [-0.1, -0.05) is 30.3 Å². The number of hydrogen-bond donors (Lipinski definition) is 2. The van der Waals surface area contributed by atoms with E-state index in [4.69, 9.17) is 9.47 Å². The largest absolute Gasteiger partial charge is 0.497 e. The minimum atomic E-state index is -0.000948. The van der Waals surface area contributed by atoms with Crippen molar-refractivity contribution in [2.24, 2.45) is 4.99 Å². The number of ether oxygens (including phenoxy) is 2. The van der Waals surface area contributed by atoms with Gasteiger partial charge in [0.1, 0.15) is 17.6 Å². The molecule has 0 amide bonds. The van der Waals surface area contributed by atoms with Gasteiger partial charge in [-0.05, 0) is 43.7 Å². The van der Waals surface area contributed by atoms with E-state index >= 15 is 0 Å². The molecule has 0 heterocycles. The highest BCUT2D eigenvalue weighted by Crippen LogP contribution is 2.18. The van der Waals surface area contributed by atoms with Gasteiger partial charge in [-0.25, -0.2) is 0 Å². The van der Waals surface area contributed by atoms with E-state index in [0.717, 1.165) is 17.5 Å². The average molecular weight is 341 g/mol. The molecule has 0 aromatic heterocycles. The molecule has 0 aliphatic heterocycles. The Bertz CT molecular complexity index is 656. The lowest BCUT2D eigenvalue weighted by molar-refractivity contribution is 0.223. The summed E-state index contributed by atoms with van der Waals surface area (Å²) in [7, 11) is 3.42. The Kier molecular flexibility index (Phi) is 7.14. The molecule has 5 heteroatoms. The summed E-state index contributed by atoms with van der Waals surface area (Å²) in [5.74, 6) is 2.38. The maximum absolute atomic E-state index is 5.90. The quantitative estimate of drug-likeness (QED) is 0.599. The van der Waals surface area contributed by atoms with Crippen molar-refractivity contribution < 1.29 is 9.47 Å². The van der Waals surface area contributed by atoms with Crippen LogP contribution in [0.1, 0.15) is 25.5 Å². The Hall–Kier alpha value is -2.69. The fourth-order valence-corrected chi connectivity index (χ4v) is 2.39. The first-order chi connectivity index (χ1) is 12.1. The monoisotopic (exact) mass is 341 g/mol. The van der Waals surface area contributed by atoms with Crippen LogP contribution in [0.2, 0.25) is 0 Å². The van der Waals surface area contributed by atoms with Crippen LogP contribution in [-0.2, 0) is 0 Å². The minimum Gasteiger partial charge on any atom is -0.497 e. The van der Waals surface area contributed by atoms with Crippen molar-refractivity contribution in [3.05, 3.63) is 60.2 Å². The highest BCUT2D eigenvalue weighted by molar-refractivity contribution is 5.80. The normalized spacial score (nSPS) is 13.7. The Morgan fingerprint density at radius 2 is 1.64 bits per heavy atom. The Labute approximate surface area is 150 Å². The molecule has 2 rings (SSSR count). The zero-order valence-corrected chi connectivity index (χ0v) is 15.3. The van der Waals surface area contributed by atoms with Crippen LogP contribution in [0.5, 0.6) is 11.5 Å². The van der Waals surface area contributed by atoms with Gasteiger partial charge in [-0.15, -0.1) is 0 Å². The van der Waals surface area contributed by atoms with Gasteiger partial charge in [0.05, 0.1) is 19.7 Å². The molecule has 2 N–H and O–H groups in total. The first-order valence-corrected chi connectivity index (χ1v) is 8.45. The van der Waals surface area contributed by atoms with Gasteiger partial charge in [0.2, 0.25) is 0 Å². The van der Waals surface area contributed by atoms with E-state index in [-0.39, 0.29) is 12.1 Å². The summed E-state index contributed by atoms with van der Waals surface area (Å²) in [6.07, 6.45) is -0.000948. The van der Waals surface area contributed by atoms with Crippen LogP contribution in [0.25, 0.3) is 0 Å². The number of rotatable bonds is 7. The van der Waals surface area contributed by atoms with E-state index in [1.165, 1.54) is 5.56 Å². The summed E-state index contributed by atoms with van der Waals surface area (Å²) >= 11 is 0. The van der Waals surface area contributed by atoms with Crippen molar-refractivity contribution in [2.75, 3.05) is 20.7 Å².